The molecule has 1 saturated heterocycles. The molecular weight excluding hydrogens is 238 g/mol. The minimum Gasteiger partial charge on any atom is -0.481 e. The van der Waals surface area contributed by atoms with Crippen LogP contribution < -0.4 is 0 Å². The number of hydrogen-bond acceptors (Lipinski definition) is 2. The molecular formula is C16H31NO2. The van der Waals surface area contributed by atoms with Gasteiger partial charge in [0.05, 0.1) is 5.41 Å². The number of unbranched alkanes of at least 4 members (excludes halogenated alkanes) is 1. The molecule has 0 aromatic carbocycles. The predicted molar refractivity (Wildman–Crippen MR) is 79.4 cm³/mol. The molecule has 3 nitrogen and oxygen atoms in total. The molecule has 19 heavy (non-hydrogen) atoms. The molecule has 0 saturated carbocycles. The van der Waals surface area contributed by atoms with Crippen LogP contribution in [0.5, 0.6) is 0 Å². The maximum atomic E-state index is 11.7. The summed E-state index contributed by atoms with van der Waals surface area (Å²) in [6.45, 7) is 8.40. The van der Waals surface area contributed by atoms with Gasteiger partial charge in [-0.25, -0.2) is 0 Å². The molecule has 3 heteroatoms. The van der Waals surface area contributed by atoms with E-state index in [0.717, 1.165) is 45.2 Å². The first-order valence-corrected chi connectivity index (χ1v) is 8.07. The third-order valence-corrected chi connectivity index (χ3v) is 4.67. The van der Waals surface area contributed by atoms with Gasteiger partial charge in [0.1, 0.15) is 0 Å². The molecule has 0 aromatic heterocycles. The molecule has 1 aliphatic rings. The molecule has 1 aliphatic heterocycles. The van der Waals surface area contributed by atoms with Gasteiger partial charge in [-0.1, -0.05) is 40.0 Å². The quantitative estimate of drug-likeness (QED) is 0.726. The van der Waals surface area contributed by atoms with Crippen LogP contribution in [-0.4, -0.2) is 35.1 Å². The van der Waals surface area contributed by atoms with Gasteiger partial charge in [-0.05, 0) is 38.6 Å². The minimum atomic E-state index is -0.579. The average molecular weight is 269 g/mol. The number of carboxylic acid groups (broad SMARTS) is 1. The Morgan fingerprint density at radius 1 is 1.32 bits per heavy atom. The summed E-state index contributed by atoms with van der Waals surface area (Å²) in [4.78, 5) is 14.2. The van der Waals surface area contributed by atoms with E-state index in [1.807, 2.05) is 0 Å². The number of likely N-dealkylation sites (tertiary alicyclic amines) is 1. The van der Waals surface area contributed by atoms with Gasteiger partial charge in [-0.15, -0.1) is 0 Å². The van der Waals surface area contributed by atoms with Crippen molar-refractivity contribution in [1.82, 2.24) is 4.90 Å². The van der Waals surface area contributed by atoms with Crippen LogP contribution in [0.2, 0.25) is 0 Å². The van der Waals surface area contributed by atoms with E-state index in [-0.39, 0.29) is 0 Å². The molecule has 2 unspecified atom stereocenters. The highest BCUT2D eigenvalue weighted by Gasteiger charge is 2.42. The number of nitrogens with zero attached hydrogens (tertiary/aromatic N) is 1. The summed E-state index contributed by atoms with van der Waals surface area (Å²) in [6, 6.07) is 0.579. The zero-order valence-corrected chi connectivity index (χ0v) is 13.0. The Morgan fingerprint density at radius 2 is 2.05 bits per heavy atom. The van der Waals surface area contributed by atoms with Crippen LogP contribution in [0.4, 0.5) is 0 Å². The first kappa shape index (κ1) is 16.5. The molecule has 1 rings (SSSR count). The smallest absolute Gasteiger partial charge is 0.310 e. The van der Waals surface area contributed by atoms with Gasteiger partial charge < -0.3 is 5.11 Å². The number of carbonyl (C=O) groups is 1. The lowest BCUT2D eigenvalue weighted by molar-refractivity contribution is -0.154. The average Bonchev–Trinajstić information content (AvgIpc) is 2.40. The fourth-order valence-corrected chi connectivity index (χ4v) is 3.53. The van der Waals surface area contributed by atoms with Gasteiger partial charge in [0, 0.05) is 12.6 Å². The van der Waals surface area contributed by atoms with Crippen molar-refractivity contribution in [3.8, 4) is 0 Å². The number of carboxylic acids is 1. The fourth-order valence-electron chi connectivity index (χ4n) is 3.53. The van der Waals surface area contributed by atoms with E-state index >= 15 is 0 Å². The van der Waals surface area contributed by atoms with Crippen LogP contribution in [0, 0.1) is 5.41 Å². The topological polar surface area (TPSA) is 40.5 Å². The second-order valence-electron chi connectivity index (χ2n) is 6.11. The summed E-state index contributed by atoms with van der Waals surface area (Å²) in [5.41, 5.74) is -0.480. The number of aliphatic carboxylic acids is 1. The summed E-state index contributed by atoms with van der Waals surface area (Å²) >= 11 is 0. The van der Waals surface area contributed by atoms with Crippen molar-refractivity contribution >= 4 is 5.97 Å². The van der Waals surface area contributed by atoms with Gasteiger partial charge in [0.2, 0.25) is 0 Å². The SMILES string of the molecule is CCCCC(CC)N1CCCC(CCC)(C(=O)O)C1. The third kappa shape index (κ3) is 4.20. The number of rotatable bonds is 8. The summed E-state index contributed by atoms with van der Waals surface area (Å²) in [6.07, 6.45) is 8.52. The Bertz CT molecular complexity index is 276. The summed E-state index contributed by atoms with van der Waals surface area (Å²) in [7, 11) is 0. The first-order valence-electron chi connectivity index (χ1n) is 8.07. The van der Waals surface area contributed by atoms with E-state index in [1.54, 1.807) is 0 Å². The molecule has 0 amide bonds. The Labute approximate surface area is 118 Å². The maximum absolute atomic E-state index is 11.7. The van der Waals surface area contributed by atoms with Gasteiger partial charge >= 0.3 is 5.97 Å². The molecule has 1 heterocycles. The van der Waals surface area contributed by atoms with Crippen molar-refractivity contribution in [3.63, 3.8) is 0 Å². The van der Waals surface area contributed by atoms with Gasteiger partial charge in [0.25, 0.3) is 0 Å². The van der Waals surface area contributed by atoms with E-state index in [0.29, 0.717) is 6.04 Å². The van der Waals surface area contributed by atoms with Crippen LogP contribution in [0.15, 0.2) is 0 Å². The third-order valence-electron chi connectivity index (χ3n) is 4.67. The Morgan fingerprint density at radius 3 is 2.58 bits per heavy atom. The monoisotopic (exact) mass is 269 g/mol. The normalized spacial score (nSPS) is 26.3. The maximum Gasteiger partial charge on any atom is 0.310 e. The second kappa shape index (κ2) is 7.88. The summed E-state index contributed by atoms with van der Waals surface area (Å²) in [5, 5.41) is 9.64. The van der Waals surface area contributed by atoms with Crippen molar-refractivity contribution in [2.24, 2.45) is 5.41 Å². The van der Waals surface area contributed by atoms with Crippen LogP contribution in [0.3, 0.4) is 0 Å². The molecule has 1 fully saturated rings. The van der Waals surface area contributed by atoms with E-state index in [1.165, 1.54) is 19.3 Å². The molecule has 112 valence electrons. The summed E-state index contributed by atoms with van der Waals surface area (Å²) < 4.78 is 0. The molecule has 0 radical (unpaired) electrons. The van der Waals surface area contributed by atoms with Gasteiger partial charge in [0.15, 0.2) is 0 Å². The van der Waals surface area contributed by atoms with Gasteiger partial charge in [-0.2, -0.15) is 0 Å². The van der Waals surface area contributed by atoms with Crippen molar-refractivity contribution in [1.29, 1.82) is 0 Å². The highest BCUT2D eigenvalue weighted by atomic mass is 16.4. The van der Waals surface area contributed by atoms with Crippen molar-refractivity contribution in [2.45, 2.75) is 78.2 Å². The molecule has 1 N–H and O–H groups in total. The molecule has 0 bridgehead atoms. The molecule has 0 spiro atoms. The van der Waals surface area contributed by atoms with Crippen molar-refractivity contribution < 1.29 is 9.90 Å². The first-order chi connectivity index (χ1) is 9.09. The molecule has 0 aliphatic carbocycles. The van der Waals surface area contributed by atoms with Crippen molar-refractivity contribution in [3.05, 3.63) is 0 Å². The van der Waals surface area contributed by atoms with Crippen LogP contribution in [0.1, 0.15) is 72.1 Å². The van der Waals surface area contributed by atoms with Gasteiger partial charge in [-0.3, -0.25) is 9.69 Å². The lowest BCUT2D eigenvalue weighted by Crippen LogP contribution is -2.51. The lowest BCUT2D eigenvalue weighted by atomic mass is 9.75. The zero-order chi connectivity index (χ0) is 14.3. The van der Waals surface area contributed by atoms with E-state index in [4.69, 9.17) is 0 Å². The van der Waals surface area contributed by atoms with Crippen LogP contribution in [0.25, 0.3) is 0 Å². The second-order valence-corrected chi connectivity index (χ2v) is 6.11. The highest BCUT2D eigenvalue weighted by Crippen LogP contribution is 2.36. The predicted octanol–water partition coefficient (Wildman–Crippen LogP) is 3.92. The molecule has 2 atom stereocenters. The fraction of sp³-hybridized carbons (Fsp3) is 0.938. The van der Waals surface area contributed by atoms with Crippen molar-refractivity contribution in [2.75, 3.05) is 13.1 Å². The number of hydrogen-bond donors (Lipinski definition) is 1. The minimum absolute atomic E-state index is 0.480. The standard InChI is InChI=1S/C16H31NO2/c1-4-7-9-14(6-3)17-12-8-11-16(13-17,10-5-2)15(18)19/h14H,4-13H2,1-3H3,(H,18,19). The van der Waals surface area contributed by atoms with Crippen LogP contribution >= 0.6 is 0 Å². The zero-order valence-electron chi connectivity index (χ0n) is 13.0. The van der Waals surface area contributed by atoms with E-state index < -0.39 is 11.4 Å². The molecule has 0 aromatic rings. The number of piperidine rings is 1. The Balaban J connectivity index is 2.72. The van der Waals surface area contributed by atoms with E-state index in [2.05, 4.69) is 25.7 Å². The Kier molecular flexibility index (Phi) is 6.84. The van der Waals surface area contributed by atoms with Crippen LogP contribution in [-0.2, 0) is 4.79 Å². The highest BCUT2D eigenvalue weighted by molar-refractivity contribution is 5.75. The largest absolute Gasteiger partial charge is 0.481 e. The lowest BCUT2D eigenvalue weighted by Gasteiger charge is -2.43. The van der Waals surface area contributed by atoms with E-state index in [9.17, 15) is 9.90 Å². The Hall–Kier alpha value is -0.570. The summed E-state index contributed by atoms with van der Waals surface area (Å²) in [5.74, 6) is -0.579.